The maximum atomic E-state index is 11.0. The predicted octanol–water partition coefficient (Wildman–Crippen LogP) is -0.426. The Morgan fingerprint density at radius 3 is 2.43 bits per heavy atom. The summed E-state index contributed by atoms with van der Waals surface area (Å²) in [6, 6.07) is 5.39. The molecule has 0 spiro atoms. The number of carboxylic acid groups (broad SMARTS) is 1. The van der Waals surface area contributed by atoms with Crippen LogP contribution < -0.4 is 4.74 Å². The number of carbonyl (C=O) groups is 1. The van der Waals surface area contributed by atoms with Gasteiger partial charge in [0.05, 0.1) is 0 Å². The Hall–Kier alpha value is -1.67. The minimum Gasteiger partial charge on any atom is -0.479 e. The summed E-state index contributed by atoms with van der Waals surface area (Å²) in [5.74, 6) is -1.03. The summed E-state index contributed by atoms with van der Waals surface area (Å²) in [7, 11) is 0. The molecule has 1 aliphatic rings. The van der Waals surface area contributed by atoms with E-state index in [1.54, 1.807) is 19.1 Å². The molecular formula is C14H18O7. The monoisotopic (exact) mass is 298 g/mol. The average Bonchev–Trinajstić information content (AvgIpc) is 2.43. The van der Waals surface area contributed by atoms with Gasteiger partial charge in [-0.15, -0.1) is 0 Å². The zero-order chi connectivity index (χ0) is 15.7. The van der Waals surface area contributed by atoms with Crippen LogP contribution in [0.25, 0.3) is 0 Å². The Labute approximate surface area is 121 Å². The summed E-state index contributed by atoms with van der Waals surface area (Å²) in [6.45, 7) is 3.63. The molecule has 2 rings (SSSR count). The predicted molar refractivity (Wildman–Crippen MR) is 70.9 cm³/mol. The third-order valence-electron chi connectivity index (χ3n) is 3.40. The average molecular weight is 298 g/mol. The molecule has 5 unspecified atom stereocenters. The minimum absolute atomic E-state index is 0.409. The number of aliphatic hydroxyl groups is 3. The van der Waals surface area contributed by atoms with Crippen molar-refractivity contribution >= 4 is 5.97 Å². The lowest BCUT2D eigenvalue weighted by Crippen LogP contribution is -2.61. The molecule has 7 heteroatoms. The number of benzene rings is 1. The van der Waals surface area contributed by atoms with E-state index in [9.17, 15) is 20.1 Å². The van der Waals surface area contributed by atoms with E-state index < -0.39 is 36.7 Å². The van der Waals surface area contributed by atoms with Crippen molar-refractivity contribution in [3.63, 3.8) is 0 Å². The first kappa shape index (κ1) is 15.7. The second-order valence-electron chi connectivity index (χ2n) is 5.12. The largest absolute Gasteiger partial charge is 0.479 e. The lowest BCUT2D eigenvalue weighted by atomic mass is 9.99. The maximum Gasteiger partial charge on any atom is 0.335 e. The summed E-state index contributed by atoms with van der Waals surface area (Å²) in [6.07, 6.45) is -8.01. The van der Waals surface area contributed by atoms with Gasteiger partial charge in [-0.05, 0) is 31.0 Å². The van der Waals surface area contributed by atoms with Crippen LogP contribution in [-0.4, -0.2) is 57.1 Å². The lowest BCUT2D eigenvalue weighted by molar-refractivity contribution is -0.271. The van der Waals surface area contributed by atoms with Crippen molar-refractivity contribution in [3.05, 3.63) is 29.3 Å². The first-order valence-corrected chi connectivity index (χ1v) is 6.47. The third-order valence-corrected chi connectivity index (χ3v) is 3.40. The number of hydrogen-bond acceptors (Lipinski definition) is 6. The van der Waals surface area contributed by atoms with Crippen LogP contribution in [0.2, 0.25) is 0 Å². The number of rotatable bonds is 3. The molecule has 1 aromatic carbocycles. The second kappa shape index (κ2) is 5.98. The summed E-state index contributed by atoms with van der Waals surface area (Å²) < 4.78 is 10.5. The van der Waals surface area contributed by atoms with Gasteiger partial charge in [-0.25, -0.2) is 4.79 Å². The lowest BCUT2D eigenvalue weighted by Gasteiger charge is -2.38. The van der Waals surface area contributed by atoms with Crippen LogP contribution in [0.15, 0.2) is 18.2 Å². The Bertz CT molecular complexity index is 530. The van der Waals surface area contributed by atoms with E-state index in [0.717, 1.165) is 11.1 Å². The molecule has 1 fully saturated rings. The van der Waals surface area contributed by atoms with Gasteiger partial charge >= 0.3 is 5.97 Å². The Morgan fingerprint density at radius 1 is 1.14 bits per heavy atom. The van der Waals surface area contributed by atoms with Gasteiger partial charge in [0, 0.05) is 0 Å². The Balaban J connectivity index is 2.22. The van der Waals surface area contributed by atoms with Crippen molar-refractivity contribution in [2.75, 3.05) is 0 Å². The molecule has 4 N–H and O–H groups in total. The normalized spacial score (nSPS) is 32.7. The summed E-state index contributed by atoms with van der Waals surface area (Å²) in [4.78, 5) is 11.0. The number of aliphatic carboxylic acids is 1. The first-order valence-electron chi connectivity index (χ1n) is 6.47. The molecule has 116 valence electrons. The highest BCUT2D eigenvalue weighted by atomic mass is 16.7. The Morgan fingerprint density at radius 2 is 1.81 bits per heavy atom. The van der Waals surface area contributed by atoms with Crippen LogP contribution in [0.5, 0.6) is 5.75 Å². The molecule has 1 aliphatic heterocycles. The van der Waals surface area contributed by atoms with E-state index in [4.69, 9.17) is 14.6 Å². The smallest absolute Gasteiger partial charge is 0.335 e. The van der Waals surface area contributed by atoms with Gasteiger partial charge in [0.25, 0.3) is 0 Å². The van der Waals surface area contributed by atoms with Crippen LogP contribution >= 0.6 is 0 Å². The molecule has 7 nitrogen and oxygen atoms in total. The highest BCUT2D eigenvalue weighted by Gasteiger charge is 2.48. The number of hydrogen-bond donors (Lipinski definition) is 4. The fourth-order valence-corrected chi connectivity index (χ4v) is 2.11. The molecule has 0 amide bonds. The molecule has 0 radical (unpaired) electrons. The zero-order valence-corrected chi connectivity index (χ0v) is 11.6. The van der Waals surface area contributed by atoms with Crippen molar-refractivity contribution < 1.29 is 34.7 Å². The van der Waals surface area contributed by atoms with E-state index in [2.05, 4.69) is 0 Å². The van der Waals surface area contributed by atoms with Gasteiger partial charge in [0.2, 0.25) is 6.29 Å². The summed E-state index contributed by atoms with van der Waals surface area (Å²) in [5.41, 5.74) is 1.68. The third kappa shape index (κ3) is 3.16. The quantitative estimate of drug-likeness (QED) is 0.598. The molecular weight excluding hydrogens is 280 g/mol. The van der Waals surface area contributed by atoms with Crippen molar-refractivity contribution in [3.8, 4) is 5.75 Å². The summed E-state index contributed by atoms with van der Waals surface area (Å²) >= 11 is 0. The maximum absolute atomic E-state index is 11.0. The van der Waals surface area contributed by atoms with Gasteiger partial charge in [0.15, 0.2) is 6.10 Å². The second-order valence-corrected chi connectivity index (χ2v) is 5.12. The molecule has 0 saturated carbocycles. The molecule has 1 aromatic rings. The highest BCUT2D eigenvalue weighted by Crippen LogP contribution is 2.27. The fourth-order valence-electron chi connectivity index (χ4n) is 2.11. The van der Waals surface area contributed by atoms with Crippen LogP contribution in [0.1, 0.15) is 11.1 Å². The van der Waals surface area contributed by atoms with E-state index in [-0.39, 0.29) is 0 Å². The van der Waals surface area contributed by atoms with Crippen LogP contribution in [0.4, 0.5) is 0 Å². The van der Waals surface area contributed by atoms with E-state index in [0.29, 0.717) is 5.75 Å². The van der Waals surface area contributed by atoms with Gasteiger partial charge < -0.3 is 29.9 Å². The fraction of sp³-hybridized carbons (Fsp3) is 0.500. The van der Waals surface area contributed by atoms with E-state index in [1.165, 1.54) is 0 Å². The number of aryl methyl sites for hydroxylation is 2. The standard InChI is InChI=1S/C14H18O7/c1-6-3-4-7(2)8(5-6)20-14-11(17)9(15)10(16)12(21-14)13(18)19/h3-5,9-12,14-17H,1-2H3,(H,18,19). The van der Waals surface area contributed by atoms with Gasteiger partial charge in [-0.2, -0.15) is 0 Å². The molecule has 1 heterocycles. The minimum atomic E-state index is -1.73. The van der Waals surface area contributed by atoms with E-state index in [1.807, 2.05) is 13.0 Å². The molecule has 1 saturated heterocycles. The number of carboxylic acids is 1. The molecule has 21 heavy (non-hydrogen) atoms. The van der Waals surface area contributed by atoms with Crippen molar-refractivity contribution in [1.29, 1.82) is 0 Å². The number of ether oxygens (including phenoxy) is 2. The topological polar surface area (TPSA) is 116 Å². The van der Waals surface area contributed by atoms with Crippen molar-refractivity contribution in [2.45, 2.75) is 44.6 Å². The molecule has 5 atom stereocenters. The summed E-state index contributed by atoms with van der Waals surface area (Å²) in [5, 5.41) is 38.1. The van der Waals surface area contributed by atoms with Crippen molar-refractivity contribution in [2.24, 2.45) is 0 Å². The van der Waals surface area contributed by atoms with Crippen LogP contribution in [0.3, 0.4) is 0 Å². The Kier molecular flexibility index (Phi) is 4.48. The highest BCUT2D eigenvalue weighted by molar-refractivity contribution is 5.73. The zero-order valence-electron chi connectivity index (χ0n) is 11.6. The SMILES string of the molecule is Cc1ccc(C)c(OC2OC(C(=O)O)C(O)C(O)C2O)c1. The van der Waals surface area contributed by atoms with Gasteiger partial charge in [-0.3, -0.25) is 0 Å². The molecule has 0 bridgehead atoms. The first-order chi connectivity index (χ1) is 9.81. The molecule has 0 aromatic heterocycles. The number of aliphatic hydroxyl groups excluding tert-OH is 3. The van der Waals surface area contributed by atoms with Gasteiger partial charge in [-0.1, -0.05) is 12.1 Å². The molecule has 0 aliphatic carbocycles. The van der Waals surface area contributed by atoms with Crippen molar-refractivity contribution in [1.82, 2.24) is 0 Å². The van der Waals surface area contributed by atoms with E-state index >= 15 is 0 Å². The van der Waals surface area contributed by atoms with Crippen LogP contribution in [0, 0.1) is 13.8 Å². The van der Waals surface area contributed by atoms with Crippen LogP contribution in [-0.2, 0) is 9.53 Å². The van der Waals surface area contributed by atoms with Gasteiger partial charge in [0.1, 0.15) is 24.1 Å².